The second-order valence-corrected chi connectivity index (χ2v) is 4.28. The Morgan fingerprint density at radius 1 is 1.24 bits per heavy atom. The first-order valence-corrected chi connectivity index (χ1v) is 5.69. The summed E-state index contributed by atoms with van der Waals surface area (Å²) in [5.41, 5.74) is 2.19. The van der Waals surface area contributed by atoms with Crippen LogP contribution in [0.4, 0.5) is 10.5 Å². The maximum atomic E-state index is 11.8. The van der Waals surface area contributed by atoms with Gasteiger partial charge in [0.1, 0.15) is 0 Å². The molecule has 2 aliphatic heterocycles. The molecule has 17 heavy (non-hydrogen) atoms. The van der Waals surface area contributed by atoms with Crippen LogP contribution in [0, 0.1) is 0 Å². The number of benzene rings is 1. The monoisotopic (exact) mass is 231 g/mol. The number of nitrogens with one attached hydrogen (secondary N) is 2. The average molecular weight is 231 g/mol. The van der Waals surface area contributed by atoms with Gasteiger partial charge in [0.15, 0.2) is 0 Å². The van der Waals surface area contributed by atoms with Crippen LogP contribution in [-0.2, 0) is 4.79 Å². The van der Waals surface area contributed by atoms with Crippen molar-refractivity contribution in [2.45, 2.75) is 12.5 Å². The molecule has 0 saturated carbocycles. The second-order valence-electron chi connectivity index (χ2n) is 4.28. The number of nitrogens with zero attached hydrogens (tertiary/aromatic N) is 1. The van der Waals surface area contributed by atoms with Crippen LogP contribution in [0.25, 0.3) is 0 Å². The first kappa shape index (κ1) is 10.1. The van der Waals surface area contributed by atoms with Gasteiger partial charge < -0.3 is 10.2 Å². The van der Waals surface area contributed by atoms with Crippen molar-refractivity contribution < 1.29 is 9.59 Å². The van der Waals surface area contributed by atoms with Crippen molar-refractivity contribution in [2.75, 3.05) is 18.4 Å². The second kappa shape index (κ2) is 3.76. The Morgan fingerprint density at radius 3 is 2.88 bits per heavy atom. The molecule has 88 valence electrons. The Labute approximate surface area is 98.8 Å². The zero-order chi connectivity index (χ0) is 11.8. The van der Waals surface area contributed by atoms with E-state index in [2.05, 4.69) is 10.6 Å². The fourth-order valence-corrected chi connectivity index (χ4v) is 2.42. The van der Waals surface area contributed by atoms with Crippen LogP contribution in [0.1, 0.15) is 18.0 Å². The van der Waals surface area contributed by atoms with Crippen LogP contribution in [0.15, 0.2) is 24.3 Å². The molecule has 2 heterocycles. The van der Waals surface area contributed by atoms with Gasteiger partial charge in [-0.1, -0.05) is 18.2 Å². The zero-order valence-electron chi connectivity index (χ0n) is 9.27. The minimum atomic E-state index is -0.287. The summed E-state index contributed by atoms with van der Waals surface area (Å²) in [6, 6.07) is 7.69. The van der Waals surface area contributed by atoms with Crippen molar-refractivity contribution in [3.05, 3.63) is 29.8 Å². The maximum absolute atomic E-state index is 11.8. The summed E-state index contributed by atoms with van der Waals surface area (Å²) in [6.45, 7) is 1.20. The highest BCUT2D eigenvalue weighted by molar-refractivity contribution is 5.97. The van der Waals surface area contributed by atoms with E-state index in [0.29, 0.717) is 19.5 Å². The molecule has 0 spiro atoms. The summed E-state index contributed by atoms with van der Waals surface area (Å²) in [7, 11) is 0. The molecule has 1 saturated heterocycles. The van der Waals surface area contributed by atoms with Crippen molar-refractivity contribution in [2.24, 2.45) is 0 Å². The normalized spacial score (nSPS) is 23.1. The lowest BCUT2D eigenvalue weighted by molar-refractivity contribution is -0.121. The van der Waals surface area contributed by atoms with Gasteiger partial charge in [-0.2, -0.15) is 0 Å². The standard InChI is InChI=1S/C12H13N3O2/c16-11-5-6-15(12(17)14-11)10-7-13-9-4-2-1-3-8(9)10/h1-4,10,13H,5-7H2,(H,14,16,17). The van der Waals surface area contributed by atoms with E-state index in [1.165, 1.54) is 0 Å². The van der Waals surface area contributed by atoms with Gasteiger partial charge in [-0.25, -0.2) is 4.79 Å². The lowest BCUT2D eigenvalue weighted by Crippen LogP contribution is -2.51. The van der Waals surface area contributed by atoms with Crippen LogP contribution in [0.3, 0.4) is 0 Å². The summed E-state index contributed by atoms with van der Waals surface area (Å²) < 4.78 is 0. The highest BCUT2D eigenvalue weighted by Crippen LogP contribution is 2.34. The van der Waals surface area contributed by atoms with Gasteiger partial charge in [-0.15, -0.1) is 0 Å². The molecule has 0 aromatic heterocycles. The van der Waals surface area contributed by atoms with Crippen molar-refractivity contribution in [1.29, 1.82) is 0 Å². The van der Waals surface area contributed by atoms with Crippen LogP contribution < -0.4 is 10.6 Å². The highest BCUT2D eigenvalue weighted by atomic mass is 16.2. The number of fused-ring (bicyclic) bond motifs is 1. The summed E-state index contributed by atoms with van der Waals surface area (Å²) >= 11 is 0. The van der Waals surface area contributed by atoms with E-state index in [1.54, 1.807) is 4.90 Å². The van der Waals surface area contributed by atoms with Crippen LogP contribution in [0.5, 0.6) is 0 Å². The molecule has 5 heteroatoms. The molecule has 1 fully saturated rings. The Kier molecular flexibility index (Phi) is 2.24. The predicted molar refractivity (Wildman–Crippen MR) is 62.5 cm³/mol. The van der Waals surface area contributed by atoms with E-state index in [4.69, 9.17) is 0 Å². The Morgan fingerprint density at radius 2 is 2.06 bits per heavy atom. The summed E-state index contributed by atoms with van der Waals surface area (Å²) in [6.07, 6.45) is 0.379. The van der Waals surface area contributed by atoms with Gasteiger partial charge >= 0.3 is 6.03 Å². The largest absolute Gasteiger partial charge is 0.382 e. The fourth-order valence-electron chi connectivity index (χ4n) is 2.42. The molecule has 1 aromatic carbocycles. The smallest absolute Gasteiger partial charge is 0.324 e. The molecular formula is C12H13N3O2. The van der Waals surface area contributed by atoms with Crippen molar-refractivity contribution >= 4 is 17.6 Å². The molecule has 5 nitrogen and oxygen atoms in total. The number of anilines is 1. The van der Waals surface area contributed by atoms with Gasteiger partial charge in [0.2, 0.25) is 5.91 Å². The Bertz CT molecular complexity index is 486. The first-order valence-electron chi connectivity index (χ1n) is 5.69. The van der Waals surface area contributed by atoms with Crippen LogP contribution in [0.2, 0.25) is 0 Å². The lowest BCUT2D eigenvalue weighted by Gasteiger charge is -2.31. The van der Waals surface area contributed by atoms with Crippen molar-refractivity contribution in [3.63, 3.8) is 0 Å². The van der Waals surface area contributed by atoms with Crippen molar-refractivity contribution in [3.8, 4) is 0 Å². The Balaban J connectivity index is 1.87. The molecule has 1 atom stereocenters. The maximum Gasteiger partial charge on any atom is 0.324 e. The minimum absolute atomic E-state index is 0.0271. The third kappa shape index (κ3) is 1.63. The van der Waals surface area contributed by atoms with Gasteiger partial charge in [-0.3, -0.25) is 10.1 Å². The summed E-state index contributed by atoms with van der Waals surface area (Å²) in [5.74, 6) is -0.189. The molecule has 0 bridgehead atoms. The average Bonchev–Trinajstić information content (AvgIpc) is 2.73. The third-order valence-electron chi connectivity index (χ3n) is 3.27. The summed E-state index contributed by atoms with van der Waals surface area (Å²) in [4.78, 5) is 24.6. The molecule has 0 aliphatic carbocycles. The summed E-state index contributed by atoms with van der Waals surface area (Å²) in [5, 5.41) is 5.63. The molecule has 2 N–H and O–H groups in total. The molecule has 0 radical (unpaired) electrons. The number of carbonyl (C=O) groups excluding carboxylic acids is 2. The number of imide groups is 1. The molecular weight excluding hydrogens is 218 g/mol. The fraction of sp³-hybridized carbons (Fsp3) is 0.333. The molecule has 3 rings (SSSR count). The third-order valence-corrected chi connectivity index (χ3v) is 3.27. The molecule has 3 amide bonds. The lowest BCUT2D eigenvalue weighted by atomic mass is 10.1. The van der Waals surface area contributed by atoms with Gasteiger partial charge in [0, 0.05) is 25.2 Å². The van der Waals surface area contributed by atoms with Crippen LogP contribution >= 0.6 is 0 Å². The highest BCUT2D eigenvalue weighted by Gasteiger charge is 2.33. The SMILES string of the molecule is O=C1CCN(C2CNc3ccccc32)C(=O)N1. The number of rotatable bonds is 1. The quantitative estimate of drug-likeness (QED) is 0.760. The molecule has 1 unspecified atom stereocenters. The van der Waals surface area contributed by atoms with E-state index in [9.17, 15) is 9.59 Å². The zero-order valence-corrected chi connectivity index (χ0v) is 9.27. The number of hydrogen-bond donors (Lipinski definition) is 2. The Hall–Kier alpha value is -2.04. The number of carbonyl (C=O) groups is 2. The van der Waals surface area contributed by atoms with E-state index in [1.807, 2.05) is 24.3 Å². The van der Waals surface area contributed by atoms with Crippen molar-refractivity contribution in [1.82, 2.24) is 10.2 Å². The van der Waals surface area contributed by atoms with E-state index < -0.39 is 0 Å². The molecule has 1 aromatic rings. The first-order chi connectivity index (χ1) is 8.25. The van der Waals surface area contributed by atoms with E-state index in [0.717, 1.165) is 11.3 Å². The van der Waals surface area contributed by atoms with Gasteiger partial charge in [0.05, 0.1) is 6.04 Å². The predicted octanol–water partition coefficient (Wildman–Crippen LogP) is 1.10. The number of para-hydroxylation sites is 1. The minimum Gasteiger partial charge on any atom is -0.382 e. The van der Waals surface area contributed by atoms with Gasteiger partial charge in [0.25, 0.3) is 0 Å². The topological polar surface area (TPSA) is 61.4 Å². The number of amides is 3. The van der Waals surface area contributed by atoms with Crippen LogP contribution in [-0.4, -0.2) is 29.9 Å². The van der Waals surface area contributed by atoms with E-state index >= 15 is 0 Å². The number of urea groups is 1. The van der Waals surface area contributed by atoms with E-state index in [-0.39, 0.29) is 18.0 Å². The number of hydrogen-bond acceptors (Lipinski definition) is 3. The molecule has 2 aliphatic rings. The van der Waals surface area contributed by atoms with Gasteiger partial charge in [-0.05, 0) is 11.6 Å².